The number of amides is 1. The van der Waals surface area contributed by atoms with E-state index in [9.17, 15) is 4.79 Å². The number of nitrogens with one attached hydrogen (secondary N) is 1. The van der Waals surface area contributed by atoms with Crippen LogP contribution in [0.25, 0.3) is 0 Å². The summed E-state index contributed by atoms with van der Waals surface area (Å²) in [6.07, 6.45) is 3.39. The molecular weight excluding hydrogens is 258 g/mol. The lowest BCUT2D eigenvalue weighted by atomic mass is 10.1. The van der Waals surface area contributed by atoms with Crippen LogP contribution in [0.1, 0.15) is 21.5 Å². The van der Waals surface area contributed by atoms with Crippen molar-refractivity contribution in [3.8, 4) is 0 Å². The summed E-state index contributed by atoms with van der Waals surface area (Å²) in [5.41, 5.74) is 7.83. The van der Waals surface area contributed by atoms with Crippen molar-refractivity contribution in [3.63, 3.8) is 0 Å². The van der Waals surface area contributed by atoms with Gasteiger partial charge in [0.05, 0.1) is 0 Å². The highest BCUT2D eigenvalue weighted by atomic mass is 32.1. The number of thiocarbonyl (C=S) groups is 1. The second-order valence-electron chi connectivity index (χ2n) is 3.98. The van der Waals surface area contributed by atoms with Crippen molar-refractivity contribution in [1.82, 2.24) is 10.3 Å². The van der Waals surface area contributed by atoms with E-state index in [0.717, 1.165) is 11.1 Å². The Morgan fingerprint density at radius 1 is 1.11 bits per heavy atom. The number of rotatable bonds is 4. The maximum absolute atomic E-state index is 11.9. The second-order valence-corrected chi connectivity index (χ2v) is 4.42. The summed E-state index contributed by atoms with van der Waals surface area (Å²) in [5.74, 6) is -0.133. The van der Waals surface area contributed by atoms with Gasteiger partial charge in [0.1, 0.15) is 4.99 Å². The number of pyridine rings is 1. The summed E-state index contributed by atoms with van der Waals surface area (Å²) in [6, 6.07) is 10.6. The Bertz CT molecular complexity index is 581. The molecule has 5 heteroatoms. The molecular formula is C14H13N3OS. The molecule has 2 aromatic rings. The zero-order chi connectivity index (χ0) is 13.7. The van der Waals surface area contributed by atoms with Crippen LogP contribution in [0.5, 0.6) is 0 Å². The van der Waals surface area contributed by atoms with Gasteiger partial charge in [0, 0.05) is 30.1 Å². The Labute approximate surface area is 116 Å². The Morgan fingerprint density at radius 3 is 2.26 bits per heavy atom. The molecule has 0 aliphatic carbocycles. The molecule has 0 fully saturated rings. The third kappa shape index (κ3) is 3.59. The molecule has 19 heavy (non-hydrogen) atoms. The van der Waals surface area contributed by atoms with Gasteiger partial charge in [-0.15, -0.1) is 0 Å². The van der Waals surface area contributed by atoms with Gasteiger partial charge in [-0.05, 0) is 29.8 Å². The highest BCUT2D eigenvalue weighted by Gasteiger charge is 2.05. The van der Waals surface area contributed by atoms with Crippen LogP contribution in [0.2, 0.25) is 0 Å². The quantitative estimate of drug-likeness (QED) is 0.830. The van der Waals surface area contributed by atoms with Crippen LogP contribution in [0.4, 0.5) is 0 Å². The lowest BCUT2D eigenvalue weighted by Gasteiger charge is -2.06. The number of nitrogens with zero attached hydrogens (tertiary/aromatic N) is 1. The maximum atomic E-state index is 11.9. The zero-order valence-corrected chi connectivity index (χ0v) is 11.0. The van der Waals surface area contributed by atoms with E-state index in [1.54, 1.807) is 36.7 Å². The topological polar surface area (TPSA) is 68.0 Å². The first-order valence-corrected chi connectivity index (χ1v) is 6.14. The van der Waals surface area contributed by atoms with Crippen LogP contribution >= 0.6 is 12.2 Å². The minimum atomic E-state index is -0.133. The van der Waals surface area contributed by atoms with Gasteiger partial charge < -0.3 is 11.1 Å². The highest BCUT2D eigenvalue weighted by molar-refractivity contribution is 7.80. The van der Waals surface area contributed by atoms with Crippen LogP contribution < -0.4 is 11.1 Å². The van der Waals surface area contributed by atoms with E-state index in [2.05, 4.69) is 10.3 Å². The van der Waals surface area contributed by atoms with E-state index >= 15 is 0 Å². The SMILES string of the molecule is NC(=S)c1ccc(C(=O)NCc2ccncc2)cc1. The van der Waals surface area contributed by atoms with Crippen molar-refractivity contribution in [2.24, 2.45) is 5.73 Å². The Balaban J connectivity index is 1.98. The van der Waals surface area contributed by atoms with E-state index in [-0.39, 0.29) is 5.91 Å². The van der Waals surface area contributed by atoms with Gasteiger partial charge >= 0.3 is 0 Å². The molecule has 96 valence electrons. The van der Waals surface area contributed by atoms with E-state index in [1.165, 1.54) is 0 Å². The van der Waals surface area contributed by atoms with Crippen molar-refractivity contribution in [1.29, 1.82) is 0 Å². The number of nitrogens with two attached hydrogens (primary N) is 1. The van der Waals surface area contributed by atoms with E-state index < -0.39 is 0 Å². The van der Waals surface area contributed by atoms with Gasteiger partial charge in [-0.3, -0.25) is 9.78 Å². The lowest BCUT2D eigenvalue weighted by Crippen LogP contribution is -2.22. The average Bonchev–Trinajstić information content (AvgIpc) is 2.46. The minimum Gasteiger partial charge on any atom is -0.389 e. The lowest BCUT2D eigenvalue weighted by molar-refractivity contribution is 0.0951. The minimum absolute atomic E-state index is 0.133. The van der Waals surface area contributed by atoms with Crippen LogP contribution in [-0.2, 0) is 6.54 Å². The molecule has 0 aliphatic heterocycles. The predicted molar refractivity (Wildman–Crippen MR) is 77.7 cm³/mol. The number of carbonyl (C=O) groups is 1. The molecule has 0 atom stereocenters. The van der Waals surface area contributed by atoms with Gasteiger partial charge in [-0.2, -0.15) is 0 Å². The first-order valence-electron chi connectivity index (χ1n) is 5.74. The van der Waals surface area contributed by atoms with Crippen molar-refractivity contribution < 1.29 is 4.79 Å². The molecule has 0 saturated carbocycles. The van der Waals surface area contributed by atoms with Crippen molar-refractivity contribution in [3.05, 3.63) is 65.5 Å². The number of aromatic nitrogens is 1. The molecule has 1 aromatic heterocycles. The largest absolute Gasteiger partial charge is 0.389 e. The molecule has 1 aromatic carbocycles. The average molecular weight is 271 g/mol. The molecule has 1 heterocycles. The van der Waals surface area contributed by atoms with E-state index in [0.29, 0.717) is 17.1 Å². The molecule has 0 saturated heterocycles. The summed E-state index contributed by atoms with van der Waals surface area (Å²) < 4.78 is 0. The van der Waals surface area contributed by atoms with Gasteiger partial charge in [-0.25, -0.2) is 0 Å². The van der Waals surface area contributed by atoms with Crippen molar-refractivity contribution >= 4 is 23.1 Å². The monoisotopic (exact) mass is 271 g/mol. The van der Waals surface area contributed by atoms with Gasteiger partial charge in [0.2, 0.25) is 0 Å². The van der Waals surface area contributed by atoms with Crippen molar-refractivity contribution in [2.45, 2.75) is 6.54 Å². The number of benzene rings is 1. The molecule has 2 rings (SSSR count). The molecule has 4 nitrogen and oxygen atoms in total. The summed E-state index contributed by atoms with van der Waals surface area (Å²) in [7, 11) is 0. The zero-order valence-electron chi connectivity index (χ0n) is 10.2. The highest BCUT2D eigenvalue weighted by Crippen LogP contribution is 2.05. The standard InChI is InChI=1S/C14H13N3OS/c15-13(19)11-1-3-12(4-2-11)14(18)17-9-10-5-7-16-8-6-10/h1-8H,9H2,(H2,15,19)(H,17,18). The molecule has 0 spiro atoms. The first kappa shape index (κ1) is 13.2. The summed E-state index contributed by atoms with van der Waals surface area (Å²) in [6.45, 7) is 0.471. The predicted octanol–water partition coefficient (Wildman–Crippen LogP) is 1.65. The molecule has 0 bridgehead atoms. The molecule has 0 radical (unpaired) electrons. The second kappa shape index (κ2) is 6.06. The van der Waals surface area contributed by atoms with Gasteiger partial charge in [-0.1, -0.05) is 24.4 Å². The Hall–Kier alpha value is -2.27. The maximum Gasteiger partial charge on any atom is 0.251 e. The Morgan fingerprint density at radius 2 is 1.68 bits per heavy atom. The summed E-state index contributed by atoms with van der Waals surface area (Å²) >= 11 is 4.86. The third-order valence-corrected chi connectivity index (χ3v) is 2.87. The van der Waals surface area contributed by atoms with E-state index in [4.69, 9.17) is 18.0 Å². The molecule has 1 amide bonds. The normalized spacial score (nSPS) is 9.89. The van der Waals surface area contributed by atoms with E-state index in [1.807, 2.05) is 12.1 Å². The molecule has 0 unspecified atom stereocenters. The smallest absolute Gasteiger partial charge is 0.251 e. The summed E-state index contributed by atoms with van der Waals surface area (Å²) in [4.78, 5) is 16.2. The molecule has 3 N–H and O–H groups in total. The van der Waals surface area contributed by atoms with Crippen LogP contribution in [-0.4, -0.2) is 15.9 Å². The van der Waals surface area contributed by atoms with Crippen LogP contribution in [0.3, 0.4) is 0 Å². The fourth-order valence-corrected chi connectivity index (χ4v) is 1.71. The van der Waals surface area contributed by atoms with Crippen LogP contribution in [0, 0.1) is 0 Å². The third-order valence-electron chi connectivity index (χ3n) is 2.63. The summed E-state index contributed by atoms with van der Waals surface area (Å²) in [5, 5.41) is 2.83. The van der Waals surface area contributed by atoms with Crippen molar-refractivity contribution in [2.75, 3.05) is 0 Å². The number of hydrogen-bond acceptors (Lipinski definition) is 3. The van der Waals surface area contributed by atoms with Gasteiger partial charge in [0.25, 0.3) is 5.91 Å². The Kier molecular flexibility index (Phi) is 4.20. The first-order chi connectivity index (χ1) is 9.16. The number of carbonyl (C=O) groups excluding carboxylic acids is 1. The number of hydrogen-bond donors (Lipinski definition) is 2. The fourth-order valence-electron chi connectivity index (χ4n) is 1.57. The van der Waals surface area contributed by atoms with Crippen LogP contribution in [0.15, 0.2) is 48.8 Å². The van der Waals surface area contributed by atoms with Gasteiger partial charge in [0.15, 0.2) is 0 Å². The fraction of sp³-hybridized carbons (Fsp3) is 0.0714. The molecule has 0 aliphatic rings.